The summed E-state index contributed by atoms with van der Waals surface area (Å²) in [5, 5.41) is 3.09. The number of hydrogen-bond acceptors (Lipinski definition) is 4. The number of rotatable bonds is 4. The van der Waals surface area contributed by atoms with E-state index >= 15 is 0 Å². The summed E-state index contributed by atoms with van der Waals surface area (Å²) in [5.74, 6) is -5.22. The predicted molar refractivity (Wildman–Crippen MR) is 129 cm³/mol. The lowest BCUT2D eigenvalue weighted by molar-refractivity contribution is 0.0720. The van der Waals surface area contributed by atoms with Crippen LogP contribution in [0.15, 0.2) is 78.9 Å². The monoisotopic (exact) mass is 504 g/mol. The van der Waals surface area contributed by atoms with Gasteiger partial charge < -0.3 is 9.47 Å². The Hall–Kier alpha value is -4.72. The molecule has 0 aliphatic heterocycles. The fourth-order valence-corrected chi connectivity index (χ4v) is 4.06. The minimum Gasteiger partial charge on any atom is -0.423 e. The van der Waals surface area contributed by atoms with E-state index < -0.39 is 40.8 Å². The molecule has 0 N–H and O–H groups in total. The van der Waals surface area contributed by atoms with Gasteiger partial charge in [-0.3, -0.25) is 0 Å². The Balaban J connectivity index is 1.43. The molecule has 0 fully saturated rings. The van der Waals surface area contributed by atoms with Crippen molar-refractivity contribution in [1.82, 2.24) is 0 Å². The Morgan fingerprint density at radius 2 is 1.11 bits per heavy atom. The van der Waals surface area contributed by atoms with Crippen LogP contribution in [0, 0.1) is 30.2 Å². The van der Waals surface area contributed by atoms with Crippen LogP contribution in [0.4, 0.5) is 17.6 Å². The zero-order chi connectivity index (χ0) is 26.3. The van der Waals surface area contributed by atoms with Gasteiger partial charge in [0, 0.05) is 12.1 Å². The average Bonchev–Trinajstić information content (AvgIpc) is 2.84. The molecular weight excluding hydrogens is 488 g/mol. The third kappa shape index (κ3) is 4.73. The Kier molecular flexibility index (Phi) is 6.09. The van der Waals surface area contributed by atoms with Crippen LogP contribution in [0.3, 0.4) is 0 Å². The SMILES string of the molecule is Cc1c2ccc(OC(=O)c3ccc(F)cc3F)cc2cc2ccc(OC(=O)c3ccc(F)cc3F)cc12. The first-order valence-corrected chi connectivity index (χ1v) is 11.0. The third-order valence-corrected chi connectivity index (χ3v) is 5.89. The minimum absolute atomic E-state index is 0.173. The van der Waals surface area contributed by atoms with Crippen molar-refractivity contribution in [3.05, 3.63) is 119 Å². The molecule has 184 valence electrons. The number of ether oxygens (including phenoxy) is 2. The number of carbonyl (C=O) groups is 2. The number of aryl methyl sites for hydroxylation is 1. The normalized spacial score (nSPS) is 11.1. The van der Waals surface area contributed by atoms with E-state index in [0.717, 1.165) is 51.4 Å². The molecule has 8 heteroatoms. The Labute approximate surface area is 207 Å². The molecule has 5 aromatic rings. The largest absolute Gasteiger partial charge is 0.423 e. The second-order valence-corrected chi connectivity index (χ2v) is 8.29. The van der Waals surface area contributed by atoms with Crippen molar-refractivity contribution >= 4 is 33.5 Å². The molecule has 0 bridgehead atoms. The summed E-state index contributed by atoms with van der Waals surface area (Å²) in [6.07, 6.45) is 0. The molecule has 5 rings (SSSR count). The lowest BCUT2D eigenvalue weighted by atomic mass is 9.97. The molecule has 0 aromatic heterocycles. The summed E-state index contributed by atoms with van der Waals surface area (Å²) in [6, 6.07) is 16.8. The van der Waals surface area contributed by atoms with Crippen LogP contribution >= 0.6 is 0 Å². The first kappa shape index (κ1) is 24.0. The van der Waals surface area contributed by atoms with E-state index in [1.807, 2.05) is 13.0 Å². The van der Waals surface area contributed by atoms with Crippen molar-refractivity contribution in [3.8, 4) is 11.5 Å². The summed E-state index contributed by atoms with van der Waals surface area (Å²) < 4.78 is 64.7. The van der Waals surface area contributed by atoms with Crippen molar-refractivity contribution in [2.45, 2.75) is 6.92 Å². The number of benzene rings is 5. The highest BCUT2D eigenvalue weighted by molar-refractivity contribution is 6.03. The maximum Gasteiger partial charge on any atom is 0.346 e. The quantitative estimate of drug-likeness (QED) is 0.112. The molecular formula is C29H16F4O4. The van der Waals surface area contributed by atoms with Crippen LogP contribution in [0.5, 0.6) is 11.5 Å². The highest BCUT2D eigenvalue weighted by Crippen LogP contribution is 2.33. The smallest absolute Gasteiger partial charge is 0.346 e. The molecule has 0 spiro atoms. The fraction of sp³-hybridized carbons (Fsp3) is 0.0345. The second-order valence-electron chi connectivity index (χ2n) is 8.29. The minimum atomic E-state index is -1.02. The van der Waals surface area contributed by atoms with Gasteiger partial charge in [-0.05, 0) is 88.6 Å². The van der Waals surface area contributed by atoms with Gasteiger partial charge in [-0.2, -0.15) is 0 Å². The van der Waals surface area contributed by atoms with Gasteiger partial charge in [-0.1, -0.05) is 12.1 Å². The molecule has 0 saturated heterocycles. The molecule has 5 aromatic carbocycles. The fourth-order valence-electron chi connectivity index (χ4n) is 4.06. The van der Waals surface area contributed by atoms with E-state index in [1.54, 1.807) is 30.3 Å². The molecule has 0 aliphatic rings. The van der Waals surface area contributed by atoms with Gasteiger partial charge >= 0.3 is 11.9 Å². The van der Waals surface area contributed by atoms with E-state index in [2.05, 4.69) is 0 Å². The summed E-state index contributed by atoms with van der Waals surface area (Å²) in [5.41, 5.74) is 0.0546. The average molecular weight is 504 g/mol. The summed E-state index contributed by atoms with van der Waals surface area (Å²) >= 11 is 0. The second kappa shape index (κ2) is 9.39. The Morgan fingerprint density at radius 3 is 1.68 bits per heavy atom. The lowest BCUT2D eigenvalue weighted by Crippen LogP contribution is -2.11. The standard InChI is InChI=1S/C29H16F4O4/c1-15-22-9-6-20(36-28(34)23-7-3-18(30)12-26(23)32)11-17(22)10-16-2-5-21(14-25(15)16)37-29(35)24-8-4-19(31)13-27(24)33/h2-14H,1H3. The molecule has 0 unspecified atom stereocenters. The zero-order valence-electron chi connectivity index (χ0n) is 19.2. The molecule has 37 heavy (non-hydrogen) atoms. The van der Waals surface area contributed by atoms with Crippen LogP contribution in [0.2, 0.25) is 0 Å². The van der Waals surface area contributed by atoms with E-state index in [4.69, 9.17) is 9.47 Å². The molecule has 0 radical (unpaired) electrons. The third-order valence-electron chi connectivity index (χ3n) is 5.89. The van der Waals surface area contributed by atoms with Crippen molar-refractivity contribution in [2.75, 3.05) is 0 Å². The number of fused-ring (bicyclic) bond motifs is 2. The van der Waals surface area contributed by atoms with Gasteiger partial charge in [0.05, 0.1) is 11.1 Å². The first-order valence-electron chi connectivity index (χ1n) is 11.0. The molecule has 0 atom stereocenters. The van der Waals surface area contributed by atoms with Crippen LogP contribution in [-0.4, -0.2) is 11.9 Å². The number of halogens is 4. The summed E-state index contributed by atoms with van der Waals surface area (Å²) in [6.45, 7) is 1.86. The Bertz CT molecular complexity index is 1730. The van der Waals surface area contributed by atoms with Crippen LogP contribution in [0.25, 0.3) is 21.5 Å². The van der Waals surface area contributed by atoms with Gasteiger partial charge in [0.1, 0.15) is 34.8 Å². The number of hydrogen-bond donors (Lipinski definition) is 0. The van der Waals surface area contributed by atoms with E-state index in [1.165, 1.54) is 6.07 Å². The zero-order valence-corrected chi connectivity index (χ0v) is 19.2. The topological polar surface area (TPSA) is 52.6 Å². The van der Waals surface area contributed by atoms with Gasteiger partial charge in [-0.25, -0.2) is 27.2 Å². The highest BCUT2D eigenvalue weighted by atomic mass is 19.1. The predicted octanol–water partition coefficient (Wildman–Crippen LogP) is 7.30. The van der Waals surface area contributed by atoms with Crippen LogP contribution in [0.1, 0.15) is 26.3 Å². The maximum atomic E-state index is 13.9. The maximum absolute atomic E-state index is 13.9. The van der Waals surface area contributed by atoms with E-state index in [9.17, 15) is 27.2 Å². The van der Waals surface area contributed by atoms with Gasteiger partial charge in [0.25, 0.3) is 0 Å². The number of carbonyl (C=O) groups excluding carboxylic acids is 2. The molecule has 0 saturated carbocycles. The van der Waals surface area contributed by atoms with Gasteiger partial charge in [0.2, 0.25) is 0 Å². The summed E-state index contributed by atoms with van der Waals surface area (Å²) in [4.78, 5) is 24.7. The lowest BCUT2D eigenvalue weighted by Gasteiger charge is -2.12. The molecule has 0 amide bonds. The molecule has 4 nitrogen and oxygen atoms in total. The van der Waals surface area contributed by atoms with E-state index in [0.29, 0.717) is 12.1 Å². The van der Waals surface area contributed by atoms with E-state index in [-0.39, 0.29) is 17.1 Å². The Morgan fingerprint density at radius 1 is 0.568 bits per heavy atom. The highest BCUT2D eigenvalue weighted by Gasteiger charge is 2.17. The van der Waals surface area contributed by atoms with Crippen molar-refractivity contribution < 1.29 is 36.6 Å². The molecule has 0 heterocycles. The van der Waals surface area contributed by atoms with Gasteiger partial charge in [-0.15, -0.1) is 0 Å². The van der Waals surface area contributed by atoms with Crippen molar-refractivity contribution in [2.24, 2.45) is 0 Å². The van der Waals surface area contributed by atoms with Gasteiger partial charge in [0.15, 0.2) is 0 Å². The van der Waals surface area contributed by atoms with Crippen LogP contribution < -0.4 is 9.47 Å². The number of esters is 2. The van der Waals surface area contributed by atoms with Crippen molar-refractivity contribution in [3.63, 3.8) is 0 Å². The van der Waals surface area contributed by atoms with Crippen molar-refractivity contribution in [1.29, 1.82) is 0 Å². The summed E-state index contributed by atoms with van der Waals surface area (Å²) in [7, 11) is 0. The van der Waals surface area contributed by atoms with Crippen LogP contribution in [-0.2, 0) is 0 Å². The molecule has 0 aliphatic carbocycles. The first-order chi connectivity index (χ1) is 17.7.